The smallest absolute Gasteiger partial charge is 0.199 e. The van der Waals surface area contributed by atoms with Crippen molar-refractivity contribution in [2.24, 2.45) is 5.92 Å². The van der Waals surface area contributed by atoms with E-state index < -0.39 is 0 Å². The summed E-state index contributed by atoms with van der Waals surface area (Å²) in [5.74, 6) is 0.209. The molecule has 3 rings (SSSR count). The maximum absolute atomic E-state index is 12.9. The Labute approximate surface area is 140 Å². The van der Waals surface area contributed by atoms with Crippen LogP contribution in [-0.4, -0.2) is 50.3 Å². The zero-order valence-corrected chi connectivity index (χ0v) is 13.9. The fourth-order valence-electron chi connectivity index (χ4n) is 2.44. The average Bonchev–Trinajstić information content (AvgIpc) is 3.25. The molecule has 1 aliphatic rings. The highest BCUT2D eigenvalue weighted by molar-refractivity contribution is 6.27. The van der Waals surface area contributed by atoms with Crippen LogP contribution in [0.5, 0.6) is 0 Å². The number of ketones is 2. The number of carbonyl (C=O) groups excluding carboxylic acids is 2. The first-order chi connectivity index (χ1) is 11.5. The first-order valence-electron chi connectivity index (χ1n) is 7.77. The van der Waals surface area contributed by atoms with E-state index in [-0.39, 0.29) is 23.1 Å². The fraction of sp³-hybridized carbons (Fsp3) is 0.353. The summed E-state index contributed by atoms with van der Waals surface area (Å²) in [6.07, 6.45) is 6.28. The molecule has 1 aliphatic carbocycles. The van der Waals surface area contributed by atoms with Crippen LogP contribution >= 0.6 is 0 Å². The Morgan fingerprint density at radius 3 is 2.58 bits per heavy atom. The van der Waals surface area contributed by atoms with Gasteiger partial charge in [-0.2, -0.15) is 5.10 Å². The van der Waals surface area contributed by atoms with Crippen molar-refractivity contribution in [3.05, 3.63) is 47.8 Å². The van der Waals surface area contributed by atoms with Gasteiger partial charge in [-0.15, -0.1) is 0 Å². The van der Waals surface area contributed by atoms with E-state index in [1.54, 1.807) is 44.3 Å². The molecule has 0 spiro atoms. The van der Waals surface area contributed by atoms with E-state index in [4.69, 9.17) is 0 Å². The Bertz CT molecular complexity index is 804. The Kier molecular flexibility index (Phi) is 4.24. The summed E-state index contributed by atoms with van der Waals surface area (Å²) >= 11 is 0. The lowest BCUT2D eigenvalue weighted by Gasteiger charge is -2.12. The maximum atomic E-state index is 12.9. The molecular formula is C17H19N5O2. The number of aromatic nitrogens is 4. The van der Waals surface area contributed by atoms with E-state index in [2.05, 4.69) is 15.1 Å². The lowest BCUT2D eigenvalue weighted by Crippen LogP contribution is -2.19. The lowest BCUT2D eigenvalue weighted by atomic mass is 9.97. The van der Waals surface area contributed by atoms with Crippen LogP contribution in [0.1, 0.15) is 28.9 Å². The van der Waals surface area contributed by atoms with Gasteiger partial charge in [0, 0.05) is 31.8 Å². The molecule has 2 aromatic rings. The highest BCUT2D eigenvalue weighted by Gasteiger charge is 2.35. The van der Waals surface area contributed by atoms with E-state index in [9.17, 15) is 9.59 Å². The molecule has 7 heteroatoms. The molecule has 0 aromatic carbocycles. The van der Waals surface area contributed by atoms with Gasteiger partial charge in [-0.25, -0.2) is 14.6 Å². The highest BCUT2D eigenvalue weighted by atomic mass is 16.1. The van der Waals surface area contributed by atoms with Crippen molar-refractivity contribution in [1.82, 2.24) is 24.6 Å². The van der Waals surface area contributed by atoms with Crippen molar-refractivity contribution < 1.29 is 9.59 Å². The van der Waals surface area contributed by atoms with Crippen molar-refractivity contribution in [3.8, 4) is 5.82 Å². The van der Waals surface area contributed by atoms with E-state index in [1.807, 2.05) is 0 Å². The summed E-state index contributed by atoms with van der Waals surface area (Å²) in [6, 6.07) is 3.38. The van der Waals surface area contributed by atoms with Gasteiger partial charge >= 0.3 is 0 Å². The molecule has 0 saturated heterocycles. The van der Waals surface area contributed by atoms with E-state index in [0.29, 0.717) is 17.1 Å². The standard InChI is InChI=1S/C17H19N5O2/c1-11-13(6-7-15(20-11)22-10-18-9-19-22)17(24)14(8-21(2)3)16(23)12-4-5-12/h6-10,12H,4-5H2,1-3H3/b14-8-. The van der Waals surface area contributed by atoms with Crippen LogP contribution in [-0.2, 0) is 4.79 Å². The van der Waals surface area contributed by atoms with Crippen molar-refractivity contribution >= 4 is 11.6 Å². The minimum Gasteiger partial charge on any atom is -0.383 e. The molecule has 24 heavy (non-hydrogen) atoms. The van der Waals surface area contributed by atoms with Crippen LogP contribution in [0.25, 0.3) is 5.82 Å². The Morgan fingerprint density at radius 1 is 1.29 bits per heavy atom. The average molecular weight is 325 g/mol. The molecule has 2 heterocycles. The van der Waals surface area contributed by atoms with Gasteiger partial charge in [-0.1, -0.05) is 0 Å². The number of carbonyl (C=O) groups is 2. The van der Waals surface area contributed by atoms with Gasteiger partial charge in [0.2, 0.25) is 0 Å². The largest absolute Gasteiger partial charge is 0.383 e. The number of allylic oxidation sites excluding steroid dienone is 1. The third kappa shape index (κ3) is 3.24. The van der Waals surface area contributed by atoms with Crippen molar-refractivity contribution in [3.63, 3.8) is 0 Å². The summed E-state index contributed by atoms with van der Waals surface area (Å²) in [6.45, 7) is 1.75. The van der Waals surface area contributed by atoms with Gasteiger partial charge in [0.25, 0.3) is 0 Å². The number of nitrogens with zero attached hydrogens (tertiary/aromatic N) is 5. The summed E-state index contributed by atoms with van der Waals surface area (Å²) in [7, 11) is 3.60. The molecule has 0 atom stereocenters. The highest BCUT2D eigenvalue weighted by Crippen LogP contribution is 2.33. The summed E-state index contributed by atoms with van der Waals surface area (Å²) < 4.78 is 1.52. The predicted octanol–water partition coefficient (Wildman–Crippen LogP) is 1.58. The van der Waals surface area contributed by atoms with E-state index in [0.717, 1.165) is 12.8 Å². The van der Waals surface area contributed by atoms with Crippen LogP contribution in [0.15, 0.2) is 36.6 Å². The quantitative estimate of drug-likeness (QED) is 0.347. The molecule has 0 aliphatic heterocycles. The Hall–Kier alpha value is -2.83. The number of pyridine rings is 1. The molecule has 0 amide bonds. The summed E-state index contributed by atoms with van der Waals surface area (Å²) in [4.78, 5) is 35.4. The number of hydrogen-bond acceptors (Lipinski definition) is 6. The minimum absolute atomic E-state index is 0.0113. The molecule has 7 nitrogen and oxygen atoms in total. The SMILES string of the molecule is Cc1nc(-n2cncn2)ccc1C(=O)/C(=C\N(C)C)C(=O)C1CC1. The van der Waals surface area contributed by atoms with Crippen molar-refractivity contribution in [1.29, 1.82) is 0 Å². The van der Waals surface area contributed by atoms with Crippen LogP contribution in [0.3, 0.4) is 0 Å². The normalized spacial score (nSPS) is 14.5. The molecule has 0 N–H and O–H groups in total. The van der Waals surface area contributed by atoms with Gasteiger partial charge in [0.1, 0.15) is 12.7 Å². The second-order valence-corrected chi connectivity index (χ2v) is 6.12. The second kappa shape index (κ2) is 6.35. The molecule has 0 unspecified atom stereocenters. The van der Waals surface area contributed by atoms with Crippen molar-refractivity contribution in [2.45, 2.75) is 19.8 Å². The number of aryl methyl sites for hydroxylation is 1. The maximum Gasteiger partial charge on any atom is 0.199 e. The predicted molar refractivity (Wildman–Crippen MR) is 87.7 cm³/mol. The van der Waals surface area contributed by atoms with Crippen LogP contribution in [0, 0.1) is 12.8 Å². The third-order valence-corrected chi connectivity index (χ3v) is 3.81. The Balaban J connectivity index is 1.94. The molecule has 0 bridgehead atoms. The molecule has 124 valence electrons. The van der Waals surface area contributed by atoms with E-state index >= 15 is 0 Å². The summed E-state index contributed by atoms with van der Waals surface area (Å²) in [5, 5.41) is 4.02. The van der Waals surface area contributed by atoms with E-state index in [1.165, 1.54) is 17.3 Å². The zero-order valence-electron chi connectivity index (χ0n) is 13.9. The number of Topliss-reactive ketones (excluding diaryl/α,β-unsaturated/α-hetero) is 2. The first-order valence-corrected chi connectivity index (χ1v) is 7.77. The molecule has 0 radical (unpaired) electrons. The van der Waals surface area contributed by atoms with Gasteiger partial charge in [0.05, 0.1) is 11.3 Å². The van der Waals surface area contributed by atoms with Crippen LogP contribution < -0.4 is 0 Å². The van der Waals surface area contributed by atoms with Gasteiger partial charge in [-0.3, -0.25) is 9.59 Å². The second-order valence-electron chi connectivity index (χ2n) is 6.12. The topological polar surface area (TPSA) is 81.0 Å². The van der Waals surface area contributed by atoms with Crippen LogP contribution in [0.2, 0.25) is 0 Å². The number of hydrogen-bond donors (Lipinski definition) is 0. The Morgan fingerprint density at radius 2 is 2.04 bits per heavy atom. The molecule has 1 fully saturated rings. The monoisotopic (exact) mass is 325 g/mol. The van der Waals surface area contributed by atoms with Gasteiger partial charge < -0.3 is 4.90 Å². The summed E-state index contributed by atoms with van der Waals surface area (Å²) in [5.41, 5.74) is 1.21. The van der Waals surface area contributed by atoms with Crippen molar-refractivity contribution in [2.75, 3.05) is 14.1 Å². The first kappa shape index (κ1) is 16.0. The fourth-order valence-corrected chi connectivity index (χ4v) is 2.44. The van der Waals surface area contributed by atoms with Gasteiger partial charge in [-0.05, 0) is 31.9 Å². The molecule has 2 aromatic heterocycles. The lowest BCUT2D eigenvalue weighted by molar-refractivity contribution is -0.116. The van der Waals surface area contributed by atoms with Crippen LogP contribution in [0.4, 0.5) is 0 Å². The van der Waals surface area contributed by atoms with Gasteiger partial charge in [0.15, 0.2) is 17.4 Å². The minimum atomic E-state index is -0.282. The molecule has 1 saturated carbocycles. The zero-order chi connectivity index (χ0) is 17.3. The number of rotatable bonds is 6. The third-order valence-electron chi connectivity index (χ3n) is 3.81. The molecular weight excluding hydrogens is 306 g/mol.